The maximum atomic E-state index is 11.8. The Bertz CT molecular complexity index is 618. The summed E-state index contributed by atoms with van der Waals surface area (Å²) in [5.74, 6) is 1.24. The lowest BCUT2D eigenvalue weighted by molar-refractivity contribution is -0.149. The number of hydrogen-bond donors (Lipinski definition) is 1. The maximum absolute atomic E-state index is 11.8. The summed E-state index contributed by atoms with van der Waals surface area (Å²) in [5, 5.41) is 9.73. The van der Waals surface area contributed by atoms with Crippen molar-refractivity contribution < 1.29 is 19.4 Å². The van der Waals surface area contributed by atoms with E-state index in [0.29, 0.717) is 25.7 Å². The van der Waals surface area contributed by atoms with Crippen LogP contribution in [0.1, 0.15) is 45.1 Å². The molecule has 0 unspecified atom stereocenters. The van der Waals surface area contributed by atoms with Crippen molar-refractivity contribution in [1.29, 1.82) is 0 Å². The first-order valence-electron chi connectivity index (χ1n) is 9.43. The Morgan fingerprint density at radius 3 is 2.84 bits per heavy atom. The lowest BCUT2D eigenvalue weighted by atomic mass is 9.81. The monoisotopic (exact) mass is 347 g/mol. The van der Waals surface area contributed by atoms with Crippen molar-refractivity contribution in [2.24, 2.45) is 11.3 Å². The molecule has 1 aliphatic heterocycles. The minimum Gasteiger partial charge on any atom is -0.490 e. The molecule has 1 aliphatic carbocycles. The van der Waals surface area contributed by atoms with Crippen LogP contribution in [-0.2, 0) is 11.3 Å². The van der Waals surface area contributed by atoms with E-state index >= 15 is 0 Å². The largest absolute Gasteiger partial charge is 0.490 e. The van der Waals surface area contributed by atoms with Gasteiger partial charge >= 0.3 is 5.97 Å². The number of fused-ring (bicyclic) bond motifs is 1. The standard InChI is InChI=1S/C20H29NO4/c1-3-10-25-17-8-7-15(11-18(17)24-4-2)12-21-13-16-6-5-9-20(16,14-21)19(22)23/h7-8,11,16H,3-6,9-10,12-14H2,1-2H3,(H,22,23)/t16-,20+/m0/s1. The fourth-order valence-electron chi connectivity index (χ4n) is 4.37. The molecule has 2 atom stereocenters. The second-order valence-corrected chi connectivity index (χ2v) is 7.28. The number of carbonyl (C=O) groups is 1. The first kappa shape index (κ1) is 18.1. The summed E-state index contributed by atoms with van der Waals surface area (Å²) in [5.41, 5.74) is 0.625. The molecule has 138 valence electrons. The highest BCUT2D eigenvalue weighted by molar-refractivity contribution is 5.76. The van der Waals surface area contributed by atoms with Crippen LogP contribution in [0.25, 0.3) is 0 Å². The third-order valence-electron chi connectivity index (χ3n) is 5.54. The SMILES string of the molecule is CCCOc1ccc(CN2C[C@@H]3CCC[C@@]3(C(=O)O)C2)cc1OCC. The molecule has 1 aromatic rings. The first-order valence-corrected chi connectivity index (χ1v) is 9.43. The van der Waals surface area contributed by atoms with Crippen molar-refractivity contribution >= 4 is 5.97 Å². The molecule has 0 radical (unpaired) electrons. The Labute approximate surface area is 149 Å². The van der Waals surface area contributed by atoms with Gasteiger partial charge in [-0.15, -0.1) is 0 Å². The number of aliphatic carboxylic acids is 1. The molecule has 1 saturated heterocycles. The molecule has 1 aromatic carbocycles. The summed E-state index contributed by atoms with van der Waals surface area (Å²) in [6.07, 6.45) is 3.86. The zero-order valence-corrected chi connectivity index (χ0v) is 15.3. The van der Waals surface area contributed by atoms with Crippen LogP contribution in [0.5, 0.6) is 11.5 Å². The van der Waals surface area contributed by atoms with E-state index in [1.165, 1.54) is 0 Å². The zero-order chi connectivity index (χ0) is 17.9. The molecule has 0 bridgehead atoms. The van der Waals surface area contributed by atoms with Gasteiger partial charge in [-0.1, -0.05) is 19.4 Å². The molecule has 0 spiro atoms. The Morgan fingerprint density at radius 2 is 2.16 bits per heavy atom. The van der Waals surface area contributed by atoms with E-state index in [0.717, 1.165) is 55.8 Å². The number of ether oxygens (including phenoxy) is 2. The first-order chi connectivity index (χ1) is 12.1. The van der Waals surface area contributed by atoms with Gasteiger partial charge in [0.15, 0.2) is 11.5 Å². The van der Waals surface area contributed by atoms with Gasteiger partial charge in [-0.05, 0) is 49.8 Å². The van der Waals surface area contributed by atoms with Gasteiger partial charge in [-0.25, -0.2) is 0 Å². The summed E-state index contributed by atoms with van der Waals surface area (Å²) in [4.78, 5) is 14.1. The summed E-state index contributed by atoms with van der Waals surface area (Å²) >= 11 is 0. The average Bonchev–Trinajstić information content (AvgIpc) is 3.12. The fourth-order valence-corrected chi connectivity index (χ4v) is 4.37. The molecule has 5 nitrogen and oxygen atoms in total. The topological polar surface area (TPSA) is 59.0 Å². The number of benzene rings is 1. The number of hydrogen-bond acceptors (Lipinski definition) is 4. The number of rotatable bonds is 8. The van der Waals surface area contributed by atoms with Crippen molar-refractivity contribution in [2.75, 3.05) is 26.3 Å². The summed E-state index contributed by atoms with van der Waals surface area (Å²) < 4.78 is 11.5. The molecule has 3 rings (SSSR count). The minimum atomic E-state index is -0.615. The number of carboxylic acid groups (broad SMARTS) is 1. The molecule has 0 aromatic heterocycles. The van der Waals surface area contributed by atoms with E-state index < -0.39 is 11.4 Å². The van der Waals surface area contributed by atoms with Gasteiger partial charge in [0.25, 0.3) is 0 Å². The van der Waals surface area contributed by atoms with Crippen LogP contribution < -0.4 is 9.47 Å². The molecule has 0 amide bonds. The van der Waals surface area contributed by atoms with Gasteiger partial charge in [0.2, 0.25) is 0 Å². The van der Waals surface area contributed by atoms with Gasteiger partial charge in [0, 0.05) is 19.6 Å². The van der Waals surface area contributed by atoms with E-state index in [-0.39, 0.29) is 0 Å². The predicted molar refractivity (Wildman–Crippen MR) is 96.1 cm³/mol. The minimum absolute atomic E-state index is 0.295. The lowest BCUT2D eigenvalue weighted by Gasteiger charge is -2.23. The Morgan fingerprint density at radius 1 is 1.32 bits per heavy atom. The van der Waals surface area contributed by atoms with Gasteiger partial charge in [-0.2, -0.15) is 0 Å². The highest BCUT2D eigenvalue weighted by Gasteiger charge is 2.54. The van der Waals surface area contributed by atoms with Gasteiger partial charge in [-0.3, -0.25) is 9.69 Å². The van der Waals surface area contributed by atoms with E-state index in [9.17, 15) is 9.90 Å². The molecule has 1 heterocycles. The Hall–Kier alpha value is -1.75. The van der Waals surface area contributed by atoms with Crippen LogP contribution in [0.3, 0.4) is 0 Å². The average molecular weight is 347 g/mol. The number of carboxylic acids is 1. The van der Waals surface area contributed by atoms with Gasteiger partial charge < -0.3 is 14.6 Å². The van der Waals surface area contributed by atoms with Crippen LogP contribution in [0.2, 0.25) is 0 Å². The molecule has 5 heteroatoms. The van der Waals surface area contributed by atoms with Crippen molar-refractivity contribution in [3.8, 4) is 11.5 Å². The Kier molecular flexibility index (Phi) is 5.52. The second-order valence-electron chi connectivity index (χ2n) is 7.28. The van der Waals surface area contributed by atoms with Crippen LogP contribution >= 0.6 is 0 Å². The second kappa shape index (κ2) is 7.65. The molecule has 2 fully saturated rings. The number of likely N-dealkylation sites (tertiary alicyclic amines) is 1. The van der Waals surface area contributed by atoms with Crippen molar-refractivity contribution in [2.45, 2.75) is 46.1 Å². The molecule has 1 N–H and O–H groups in total. The van der Waals surface area contributed by atoms with Crippen LogP contribution in [0.4, 0.5) is 0 Å². The highest BCUT2D eigenvalue weighted by Crippen LogP contribution is 2.49. The third kappa shape index (κ3) is 3.61. The molecule has 2 aliphatic rings. The van der Waals surface area contributed by atoms with Crippen molar-refractivity contribution in [3.63, 3.8) is 0 Å². The quantitative estimate of drug-likeness (QED) is 0.779. The summed E-state index contributed by atoms with van der Waals surface area (Å²) in [6, 6.07) is 6.07. The van der Waals surface area contributed by atoms with Crippen molar-refractivity contribution in [1.82, 2.24) is 4.90 Å². The van der Waals surface area contributed by atoms with E-state index in [2.05, 4.69) is 17.9 Å². The lowest BCUT2D eigenvalue weighted by Crippen LogP contribution is -2.35. The van der Waals surface area contributed by atoms with Gasteiger partial charge in [0.1, 0.15) is 0 Å². The van der Waals surface area contributed by atoms with Crippen molar-refractivity contribution in [3.05, 3.63) is 23.8 Å². The molecular weight excluding hydrogens is 318 g/mol. The maximum Gasteiger partial charge on any atom is 0.311 e. The van der Waals surface area contributed by atoms with Crippen LogP contribution in [0.15, 0.2) is 18.2 Å². The normalized spacial score (nSPS) is 25.8. The van der Waals surface area contributed by atoms with Gasteiger partial charge in [0.05, 0.1) is 18.6 Å². The number of nitrogens with zero attached hydrogens (tertiary/aromatic N) is 1. The summed E-state index contributed by atoms with van der Waals surface area (Å²) in [7, 11) is 0. The van der Waals surface area contributed by atoms with Crippen LogP contribution in [0, 0.1) is 11.3 Å². The smallest absolute Gasteiger partial charge is 0.311 e. The zero-order valence-electron chi connectivity index (χ0n) is 15.3. The molecule has 25 heavy (non-hydrogen) atoms. The van der Waals surface area contributed by atoms with E-state index in [1.54, 1.807) is 0 Å². The third-order valence-corrected chi connectivity index (χ3v) is 5.54. The summed E-state index contributed by atoms with van der Waals surface area (Å²) in [6.45, 7) is 7.62. The Balaban J connectivity index is 1.71. The predicted octanol–water partition coefficient (Wildman–Crippen LogP) is 3.56. The molecule has 1 saturated carbocycles. The van der Waals surface area contributed by atoms with E-state index in [4.69, 9.17) is 9.47 Å². The highest BCUT2D eigenvalue weighted by atomic mass is 16.5. The molecular formula is C20H29NO4. The van der Waals surface area contributed by atoms with E-state index in [1.807, 2.05) is 19.1 Å². The van der Waals surface area contributed by atoms with Crippen LogP contribution in [-0.4, -0.2) is 42.3 Å². The fraction of sp³-hybridized carbons (Fsp3) is 0.650.